The molecule has 286 valence electrons. The Labute approximate surface area is 383 Å². The van der Waals surface area contributed by atoms with Crippen molar-refractivity contribution >= 4 is 176 Å². The number of fused-ring (bicyclic) bond motifs is 9. The van der Waals surface area contributed by atoms with Crippen molar-refractivity contribution in [2.45, 2.75) is 0 Å². The molecule has 0 aliphatic rings. The summed E-state index contributed by atoms with van der Waals surface area (Å²) >= 11 is 0. The Hall–Kier alpha value is -7.37. The van der Waals surface area contributed by atoms with Gasteiger partial charge in [0.05, 0.1) is 0 Å². The van der Waals surface area contributed by atoms with Crippen LogP contribution in [-0.4, -0.2) is 54.9 Å². The quantitative estimate of drug-likeness (QED) is 0.164. The fraction of sp³-hybridized carbons (Fsp3) is 0. The molecule has 4 nitrogen and oxygen atoms in total. The molecule has 14 radical (unpaired) electrons. The smallest absolute Gasteiger partial charge is 0.136 e. The van der Waals surface area contributed by atoms with Crippen LogP contribution in [0.2, 0.25) is 0 Å². The van der Waals surface area contributed by atoms with Crippen molar-refractivity contribution in [2.75, 3.05) is 4.90 Å². The summed E-state index contributed by atoms with van der Waals surface area (Å²) < 4.78 is 18.6. The van der Waals surface area contributed by atoms with Gasteiger partial charge in [0.25, 0.3) is 0 Å². The Morgan fingerprint density at radius 3 is 1.18 bits per heavy atom. The second-order valence-electron chi connectivity index (χ2n) is 16.3. The maximum absolute atomic E-state index is 6.97. The van der Waals surface area contributed by atoms with E-state index in [1.54, 1.807) is 0 Å². The van der Waals surface area contributed by atoms with Gasteiger partial charge in [-0.3, -0.25) is 0 Å². The van der Waals surface area contributed by atoms with Crippen molar-refractivity contribution in [3.8, 4) is 33.4 Å². The topological polar surface area (TPSA) is 42.7 Å². The van der Waals surface area contributed by atoms with Crippen molar-refractivity contribution in [2.24, 2.45) is 0 Å². The van der Waals surface area contributed by atoms with Crippen molar-refractivity contribution in [3.63, 3.8) is 0 Å². The third-order valence-electron chi connectivity index (χ3n) is 12.7. The van der Waals surface area contributed by atoms with E-state index in [4.69, 9.17) is 68.2 Å². The molecule has 12 rings (SSSR count). The highest BCUT2D eigenvalue weighted by Gasteiger charge is 2.23. The van der Waals surface area contributed by atoms with E-state index in [2.05, 4.69) is 77.7 Å². The Balaban J connectivity index is 0.986. The van der Waals surface area contributed by atoms with Crippen LogP contribution < -0.4 is 43.1 Å². The van der Waals surface area contributed by atoms with Crippen LogP contribution in [0.5, 0.6) is 0 Å². The molecule has 0 bridgehead atoms. The molecule has 0 N–H and O–H groups in total. The molecule has 12 aromatic rings. The number of rotatable bonds is 6. The maximum atomic E-state index is 6.97. The molecule has 0 saturated carbocycles. The van der Waals surface area contributed by atoms with Gasteiger partial charge in [-0.1, -0.05) is 124 Å². The summed E-state index contributed by atoms with van der Waals surface area (Å²) in [6.07, 6.45) is 0. The number of hydrogen-bond donors (Lipinski definition) is 0. The lowest BCUT2D eigenvalue weighted by Crippen LogP contribution is -2.47. The molecule has 0 amide bonds. The van der Waals surface area contributed by atoms with Crippen molar-refractivity contribution < 1.29 is 13.3 Å². The molecule has 65 heavy (non-hydrogen) atoms. The Morgan fingerprint density at radius 2 is 0.692 bits per heavy atom. The number of nitrogens with zero attached hydrogens (tertiary/aromatic N) is 1. The molecular weight excluding hydrogens is 786 g/mol. The van der Waals surface area contributed by atoms with Gasteiger partial charge in [0.1, 0.15) is 88.4 Å². The predicted octanol–water partition coefficient (Wildman–Crippen LogP) is 7.41. The fourth-order valence-corrected chi connectivity index (χ4v) is 9.54. The van der Waals surface area contributed by atoms with Crippen LogP contribution in [0.3, 0.4) is 0 Å². The van der Waals surface area contributed by atoms with Crippen LogP contribution in [0.4, 0.5) is 17.1 Å². The Morgan fingerprint density at radius 1 is 0.292 bits per heavy atom. The Kier molecular flexibility index (Phi) is 8.97. The second kappa shape index (κ2) is 14.9. The third-order valence-corrected chi connectivity index (χ3v) is 12.7. The molecule has 0 aliphatic heterocycles. The SMILES string of the molecule is [B]c1c([B])c([B])c2c(oc3c([B])c([B])c(-c4ccc(N(c5ccc(-c6cccc7oc8ccccc8c67)cc5)c5ccc(-c6cccc7oc8ccccc8c67)cc5)cc4)c([B])c32)c1[B]. The molecule has 0 saturated heterocycles. The molecular formula is C54H26B7NO3. The monoisotopic (exact) mass is 813 g/mol. The van der Waals surface area contributed by atoms with Crippen molar-refractivity contribution in [1.29, 1.82) is 0 Å². The van der Waals surface area contributed by atoms with Gasteiger partial charge in [-0.2, -0.15) is 0 Å². The summed E-state index contributed by atoms with van der Waals surface area (Å²) in [6.45, 7) is 0. The standard InChI is InChI=1S/C54H26B7NO3/c55-46-41(47(56)51(60)53-44(46)45-48(57)49(58)50(59)52(61)54(45)65-53)29-19-25-32(26-20-29)62(30-21-15-27(16-22-30)33-9-5-13-39-42(33)35-7-1-3-11-37(35)63-39)31-23-17-28(18-24-31)34-10-6-14-40-43(34)36-8-2-4-12-38(36)64-40/h1-26H. The van der Waals surface area contributed by atoms with Crippen LogP contribution in [0, 0.1) is 0 Å². The lowest BCUT2D eigenvalue weighted by atomic mass is 9.64. The van der Waals surface area contributed by atoms with Crippen LogP contribution in [-0.2, 0) is 0 Å². The summed E-state index contributed by atoms with van der Waals surface area (Å²) in [4.78, 5) is 2.21. The predicted molar refractivity (Wildman–Crippen MR) is 277 cm³/mol. The van der Waals surface area contributed by atoms with Crippen LogP contribution >= 0.6 is 0 Å². The normalized spacial score (nSPS) is 11.8. The van der Waals surface area contributed by atoms with Crippen LogP contribution in [0.25, 0.3) is 99.2 Å². The lowest BCUT2D eigenvalue weighted by Gasteiger charge is -2.26. The zero-order chi connectivity index (χ0) is 44.2. The first-order chi connectivity index (χ1) is 31.7. The summed E-state index contributed by atoms with van der Waals surface area (Å²) in [6, 6.07) is 53.8. The minimum atomic E-state index is 0.122. The minimum Gasteiger partial charge on any atom is -0.457 e. The van der Waals surface area contributed by atoms with Gasteiger partial charge in [-0.25, -0.2) is 0 Å². The summed E-state index contributed by atoms with van der Waals surface area (Å²) in [5.41, 5.74) is 13.6. The summed E-state index contributed by atoms with van der Waals surface area (Å²) in [5, 5.41) is 5.21. The van der Waals surface area contributed by atoms with E-state index >= 15 is 0 Å². The first kappa shape index (κ1) is 39.2. The van der Waals surface area contributed by atoms with Gasteiger partial charge in [0.2, 0.25) is 0 Å². The van der Waals surface area contributed by atoms with Gasteiger partial charge in [0, 0.05) is 49.4 Å². The molecule has 0 atom stereocenters. The van der Waals surface area contributed by atoms with E-state index in [1.165, 1.54) is 0 Å². The molecule has 0 fully saturated rings. The van der Waals surface area contributed by atoms with Gasteiger partial charge in [-0.15, -0.1) is 10.9 Å². The largest absolute Gasteiger partial charge is 0.457 e. The summed E-state index contributed by atoms with van der Waals surface area (Å²) in [7, 11) is 45.7. The van der Waals surface area contributed by atoms with E-state index in [0.717, 1.165) is 88.8 Å². The van der Waals surface area contributed by atoms with E-state index in [1.807, 2.05) is 84.9 Å². The number of anilines is 3. The number of furan rings is 3. The molecule has 3 aromatic heterocycles. The zero-order valence-corrected chi connectivity index (χ0v) is 34.7. The average Bonchev–Trinajstić information content (AvgIpc) is 4.06. The highest BCUT2D eigenvalue weighted by atomic mass is 16.3. The van der Waals surface area contributed by atoms with Gasteiger partial charge in [-0.05, 0) is 94.0 Å². The minimum absolute atomic E-state index is 0.122. The second-order valence-corrected chi connectivity index (χ2v) is 16.3. The molecule has 0 spiro atoms. The first-order valence-electron chi connectivity index (χ1n) is 21.0. The molecule has 0 aliphatic carbocycles. The van der Waals surface area contributed by atoms with Crippen molar-refractivity contribution in [3.05, 3.63) is 158 Å². The van der Waals surface area contributed by atoms with E-state index in [9.17, 15) is 0 Å². The summed E-state index contributed by atoms with van der Waals surface area (Å²) in [5.74, 6) is 0. The van der Waals surface area contributed by atoms with E-state index < -0.39 is 0 Å². The molecule has 11 heteroatoms. The third kappa shape index (κ3) is 5.94. The van der Waals surface area contributed by atoms with Crippen LogP contribution in [0.15, 0.2) is 171 Å². The zero-order valence-electron chi connectivity index (χ0n) is 34.7. The number of benzene rings is 9. The Bertz CT molecular complexity index is 3750. The average molecular weight is 812 g/mol. The van der Waals surface area contributed by atoms with Gasteiger partial charge < -0.3 is 18.2 Å². The molecule has 3 heterocycles. The molecule has 9 aromatic carbocycles. The maximum Gasteiger partial charge on any atom is 0.136 e. The first-order valence-corrected chi connectivity index (χ1v) is 21.0. The van der Waals surface area contributed by atoms with E-state index in [0.29, 0.717) is 21.8 Å². The van der Waals surface area contributed by atoms with Gasteiger partial charge in [0.15, 0.2) is 0 Å². The van der Waals surface area contributed by atoms with Crippen LogP contribution in [0.1, 0.15) is 0 Å². The van der Waals surface area contributed by atoms with E-state index in [-0.39, 0.29) is 43.9 Å². The van der Waals surface area contributed by atoms with Gasteiger partial charge >= 0.3 is 0 Å². The highest BCUT2D eigenvalue weighted by Crippen LogP contribution is 2.42. The highest BCUT2D eigenvalue weighted by molar-refractivity contribution is 6.69. The fourth-order valence-electron chi connectivity index (χ4n) is 9.54. The number of para-hydroxylation sites is 2. The number of hydrogen-bond acceptors (Lipinski definition) is 4. The van der Waals surface area contributed by atoms with Crippen molar-refractivity contribution in [1.82, 2.24) is 0 Å². The molecule has 0 unspecified atom stereocenters. The lowest BCUT2D eigenvalue weighted by molar-refractivity contribution is 0.668.